The van der Waals surface area contributed by atoms with Gasteiger partial charge in [-0.1, -0.05) is 38.3 Å². The minimum absolute atomic E-state index is 0.0332. The number of para-hydroxylation sites is 1. The van der Waals surface area contributed by atoms with Crippen LogP contribution in [0.15, 0.2) is 24.3 Å². The molecule has 0 heterocycles. The molecule has 2 N–H and O–H groups in total. The van der Waals surface area contributed by atoms with Gasteiger partial charge >= 0.3 is 0 Å². The lowest BCUT2D eigenvalue weighted by atomic mass is 10.1. The van der Waals surface area contributed by atoms with E-state index in [0.29, 0.717) is 17.9 Å². The standard InChI is InChI=1S/C17H27NO3/c1-3-4-5-8-11-18-12-15(20)13-21-17-10-7-6-9-16(17)14(2)19/h6-7,9-10,15,18,20H,3-5,8,11-13H2,1-2H3. The topological polar surface area (TPSA) is 58.6 Å². The molecule has 0 amide bonds. The summed E-state index contributed by atoms with van der Waals surface area (Å²) < 4.78 is 5.54. The molecule has 0 spiro atoms. The number of hydrogen-bond acceptors (Lipinski definition) is 4. The molecule has 1 rings (SSSR count). The van der Waals surface area contributed by atoms with Gasteiger partial charge in [0, 0.05) is 6.54 Å². The summed E-state index contributed by atoms with van der Waals surface area (Å²) in [5, 5.41) is 13.1. The van der Waals surface area contributed by atoms with E-state index < -0.39 is 6.10 Å². The maximum absolute atomic E-state index is 11.5. The first-order valence-corrected chi connectivity index (χ1v) is 7.76. The average molecular weight is 293 g/mol. The number of aliphatic hydroxyl groups excluding tert-OH is 1. The van der Waals surface area contributed by atoms with Crippen LogP contribution in [0.4, 0.5) is 0 Å². The smallest absolute Gasteiger partial charge is 0.163 e. The summed E-state index contributed by atoms with van der Waals surface area (Å²) in [5.41, 5.74) is 0.553. The van der Waals surface area contributed by atoms with Crippen LogP contribution >= 0.6 is 0 Å². The Morgan fingerprint density at radius 2 is 2.05 bits per heavy atom. The largest absolute Gasteiger partial charge is 0.490 e. The Balaban J connectivity index is 2.24. The van der Waals surface area contributed by atoms with Crippen LogP contribution in [0.2, 0.25) is 0 Å². The number of benzene rings is 1. The number of ketones is 1. The minimum atomic E-state index is -0.573. The van der Waals surface area contributed by atoms with Crippen molar-refractivity contribution in [2.75, 3.05) is 19.7 Å². The van der Waals surface area contributed by atoms with Crippen LogP contribution < -0.4 is 10.1 Å². The van der Waals surface area contributed by atoms with E-state index in [2.05, 4.69) is 12.2 Å². The van der Waals surface area contributed by atoms with Gasteiger partial charge in [-0.25, -0.2) is 0 Å². The molecular formula is C17H27NO3. The number of rotatable bonds is 11. The molecule has 1 unspecified atom stereocenters. The number of carbonyl (C=O) groups is 1. The average Bonchev–Trinajstić information content (AvgIpc) is 2.49. The first-order chi connectivity index (χ1) is 10.1. The molecule has 0 bridgehead atoms. The molecule has 0 fully saturated rings. The van der Waals surface area contributed by atoms with Gasteiger partial charge in [0.1, 0.15) is 18.5 Å². The number of unbranched alkanes of at least 4 members (excludes halogenated alkanes) is 3. The predicted octanol–water partition coefficient (Wildman–Crippen LogP) is 2.80. The van der Waals surface area contributed by atoms with Crippen LogP contribution in [0.5, 0.6) is 5.75 Å². The zero-order valence-corrected chi connectivity index (χ0v) is 13.1. The molecule has 0 aliphatic heterocycles. The molecule has 4 heteroatoms. The van der Waals surface area contributed by atoms with E-state index in [4.69, 9.17) is 4.74 Å². The molecule has 0 aromatic heterocycles. The van der Waals surface area contributed by atoms with Crippen molar-refractivity contribution in [1.82, 2.24) is 5.32 Å². The molecule has 0 saturated heterocycles. The lowest BCUT2D eigenvalue weighted by Crippen LogP contribution is -2.32. The van der Waals surface area contributed by atoms with Crippen LogP contribution in [0.25, 0.3) is 0 Å². The Kier molecular flexibility index (Phi) is 8.71. The van der Waals surface area contributed by atoms with Crippen LogP contribution in [-0.4, -0.2) is 36.7 Å². The third-order valence-electron chi connectivity index (χ3n) is 3.28. The highest BCUT2D eigenvalue weighted by molar-refractivity contribution is 5.96. The van der Waals surface area contributed by atoms with Crippen LogP contribution in [0.3, 0.4) is 0 Å². The fraction of sp³-hybridized carbons (Fsp3) is 0.588. The second-order valence-electron chi connectivity index (χ2n) is 5.28. The highest BCUT2D eigenvalue weighted by Gasteiger charge is 2.10. The lowest BCUT2D eigenvalue weighted by molar-refractivity contribution is 0.0974. The third-order valence-corrected chi connectivity index (χ3v) is 3.28. The normalized spacial score (nSPS) is 12.1. The second-order valence-corrected chi connectivity index (χ2v) is 5.28. The molecule has 1 atom stereocenters. The van der Waals surface area contributed by atoms with E-state index in [0.717, 1.165) is 13.0 Å². The molecule has 21 heavy (non-hydrogen) atoms. The second kappa shape index (κ2) is 10.4. The molecule has 118 valence electrons. The van der Waals surface area contributed by atoms with Gasteiger partial charge < -0.3 is 15.2 Å². The molecule has 0 aliphatic rings. The van der Waals surface area contributed by atoms with Gasteiger partial charge in [0.05, 0.1) is 5.56 Å². The summed E-state index contributed by atoms with van der Waals surface area (Å²) in [4.78, 5) is 11.5. The van der Waals surface area contributed by atoms with Crippen molar-refractivity contribution in [3.63, 3.8) is 0 Å². The quantitative estimate of drug-likeness (QED) is 0.486. The van der Waals surface area contributed by atoms with E-state index >= 15 is 0 Å². The van der Waals surface area contributed by atoms with Crippen molar-refractivity contribution < 1.29 is 14.6 Å². The number of nitrogens with one attached hydrogen (secondary N) is 1. The van der Waals surface area contributed by atoms with E-state index in [1.807, 2.05) is 6.07 Å². The molecular weight excluding hydrogens is 266 g/mol. The molecule has 0 saturated carbocycles. The summed E-state index contributed by atoms with van der Waals surface area (Å²) in [6.45, 7) is 5.31. The first-order valence-electron chi connectivity index (χ1n) is 7.76. The maximum Gasteiger partial charge on any atom is 0.163 e. The number of aliphatic hydroxyl groups is 1. The van der Waals surface area contributed by atoms with Crippen LogP contribution in [-0.2, 0) is 0 Å². The third kappa shape index (κ3) is 7.25. The number of Topliss-reactive ketones (excluding diaryl/α,β-unsaturated/α-hetero) is 1. The van der Waals surface area contributed by atoms with Crippen molar-refractivity contribution >= 4 is 5.78 Å². The van der Waals surface area contributed by atoms with Gasteiger partial charge in [-0.05, 0) is 32.0 Å². The highest BCUT2D eigenvalue weighted by atomic mass is 16.5. The van der Waals surface area contributed by atoms with E-state index in [9.17, 15) is 9.90 Å². The summed E-state index contributed by atoms with van der Waals surface area (Å²) in [6, 6.07) is 7.11. The highest BCUT2D eigenvalue weighted by Crippen LogP contribution is 2.18. The fourth-order valence-corrected chi connectivity index (χ4v) is 2.07. The summed E-state index contributed by atoms with van der Waals surface area (Å²) in [5.74, 6) is 0.501. The SMILES string of the molecule is CCCCCCNCC(O)COc1ccccc1C(C)=O. The Morgan fingerprint density at radius 3 is 2.76 bits per heavy atom. The minimum Gasteiger partial charge on any atom is -0.490 e. The summed E-state index contributed by atoms with van der Waals surface area (Å²) in [7, 11) is 0. The van der Waals surface area contributed by atoms with Crippen molar-refractivity contribution in [1.29, 1.82) is 0 Å². The lowest BCUT2D eigenvalue weighted by Gasteiger charge is -2.14. The van der Waals surface area contributed by atoms with E-state index in [1.54, 1.807) is 18.2 Å². The molecule has 1 aromatic rings. The maximum atomic E-state index is 11.5. The number of ether oxygens (including phenoxy) is 1. The van der Waals surface area contributed by atoms with E-state index in [1.165, 1.54) is 26.2 Å². The Labute approximate surface area is 127 Å². The van der Waals surface area contributed by atoms with Crippen molar-refractivity contribution in [2.24, 2.45) is 0 Å². The Hall–Kier alpha value is -1.39. The van der Waals surface area contributed by atoms with Gasteiger partial charge in [0.25, 0.3) is 0 Å². The van der Waals surface area contributed by atoms with Gasteiger partial charge in [-0.15, -0.1) is 0 Å². The van der Waals surface area contributed by atoms with Gasteiger partial charge in [-0.2, -0.15) is 0 Å². The zero-order valence-electron chi connectivity index (χ0n) is 13.1. The number of hydrogen-bond donors (Lipinski definition) is 2. The van der Waals surface area contributed by atoms with Crippen LogP contribution in [0.1, 0.15) is 49.9 Å². The monoisotopic (exact) mass is 293 g/mol. The molecule has 1 aromatic carbocycles. The summed E-state index contributed by atoms with van der Waals surface area (Å²) >= 11 is 0. The predicted molar refractivity (Wildman–Crippen MR) is 85.0 cm³/mol. The van der Waals surface area contributed by atoms with Crippen LogP contribution in [0, 0.1) is 0 Å². The summed E-state index contributed by atoms with van der Waals surface area (Å²) in [6.07, 6.45) is 4.27. The van der Waals surface area contributed by atoms with Gasteiger partial charge in [0.15, 0.2) is 5.78 Å². The van der Waals surface area contributed by atoms with Gasteiger partial charge in [-0.3, -0.25) is 4.79 Å². The first kappa shape index (κ1) is 17.7. The van der Waals surface area contributed by atoms with Crippen molar-refractivity contribution in [3.8, 4) is 5.75 Å². The number of carbonyl (C=O) groups excluding carboxylic acids is 1. The Morgan fingerprint density at radius 1 is 1.29 bits per heavy atom. The van der Waals surface area contributed by atoms with Crippen molar-refractivity contribution in [3.05, 3.63) is 29.8 Å². The Bertz CT molecular complexity index is 420. The fourth-order valence-electron chi connectivity index (χ4n) is 2.07. The van der Waals surface area contributed by atoms with Crippen molar-refractivity contribution in [2.45, 2.75) is 45.6 Å². The zero-order chi connectivity index (χ0) is 15.5. The molecule has 4 nitrogen and oxygen atoms in total. The van der Waals surface area contributed by atoms with E-state index in [-0.39, 0.29) is 12.4 Å². The van der Waals surface area contributed by atoms with Gasteiger partial charge in [0.2, 0.25) is 0 Å². The molecule has 0 aliphatic carbocycles. The molecule has 0 radical (unpaired) electrons.